The number of halogens is 1. The van der Waals surface area contributed by atoms with Gasteiger partial charge in [0.15, 0.2) is 5.82 Å². The SMILES string of the molecule is COc1ccc(-c2nc(N)c(I)c(CC(C)C)n2)cc1C. The number of benzene rings is 1. The van der Waals surface area contributed by atoms with E-state index < -0.39 is 0 Å². The fourth-order valence-electron chi connectivity index (χ4n) is 2.18. The minimum absolute atomic E-state index is 0.526. The molecule has 2 aromatic rings. The minimum atomic E-state index is 0.526. The van der Waals surface area contributed by atoms with Gasteiger partial charge >= 0.3 is 0 Å². The van der Waals surface area contributed by atoms with Crippen LogP contribution in [0, 0.1) is 16.4 Å². The molecule has 0 amide bonds. The number of hydrogen-bond acceptors (Lipinski definition) is 4. The first-order valence-corrected chi connectivity index (χ1v) is 7.97. The Morgan fingerprint density at radius 3 is 2.57 bits per heavy atom. The predicted molar refractivity (Wildman–Crippen MR) is 94.4 cm³/mol. The Bertz CT molecular complexity index is 656. The van der Waals surface area contributed by atoms with Crippen molar-refractivity contribution < 1.29 is 4.74 Å². The van der Waals surface area contributed by atoms with Crippen LogP contribution in [-0.2, 0) is 6.42 Å². The van der Waals surface area contributed by atoms with Crippen molar-refractivity contribution in [2.24, 2.45) is 5.92 Å². The first kappa shape index (κ1) is 16.0. The Morgan fingerprint density at radius 2 is 2.00 bits per heavy atom. The van der Waals surface area contributed by atoms with Gasteiger partial charge in [-0.05, 0) is 65.6 Å². The highest BCUT2D eigenvalue weighted by atomic mass is 127. The molecule has 4 nitrogen and oxygen atoms in total. The molecule has 1 heterocycles. The molecule has 0 atom stereocenters. The zero-order chi connectivity index (χ0) is 15.6. The van der Waals surface area contributed by atoms with Gasteiger partial charge in [-0.2, -0.15) is 0 Å². The van der Waals surface area contributed by atoms with Crippen molar-refractivity contribution in [2.75, 3.05) is 12.8 Å². The molecule has 21 heavy (non-hydrogen) atoms. The van der Waals surface area contributed by atoms with Gasteiger partial charge < -0.3 is 10.5 Å². The van der Waals surface area contributed by atoms with Crippen molar-refractivity contribution in [1.82, 2.24) is 9.97 Å². The van der Waals surface area contributed by atoms with Gasteiger partial charge in [0.05, 0.1) is 16.4 Å². The molecule has 0 aliphatic carbocycles. The number of rotatable bonds is 4. The van der Waals surface area contributed by atoms with Crippen molar-refractivity contribution in [3.05, 3.63) is 33.0 Å². The summed E-state index contributed by atoms with van der Waals surface area (Å²) in [5.41, 5.74) is 9.08. The predicted octanol–water partition coefficient (Wildman–Crippen LogP) is 3.85. The molecule has 2 rings (SSSR count). The van der Waals surface area contributed by atoms with E-state index in [1.165, 1.54) is 0 Å². The van der Waals surface area contributed by atoms with Gasteiger partial charge in [-0.25, -0.2) is 9.97 Å². The summed E-state index contributed by atoms with van der Waals surface area (Å²) in [6, 6.07) is 5.93. The Kier molecular flexibility index (Phi) is 5.03. The number of methoxy groups -OCH3 is 1. The average Bonchev–Trinajstić information content (AvgIpc) is 2.43. The number of nitrogen functional groups attached to an aromatic ring is 1. The van der Waals surface area contributed by atoms with Crippen LogP contribution in [0.25, 0.3) is 11.4 Å². The maximum atomic E-state index is 6.05. The van der Waals surface area contributed by atoms with Crippen LogP contribution in [0.4, 0.5) is 5.82 Å². The lowest BCUT2D eigenvalue weighted by atomic mass is 10.1. The molecule has 5 heteroatoms. The molecule has 0 fully saturated rings. The summed E-state index contributed by atoms with van der Waals surface area (Å²) >= 11 is 2.22. The molecule has 0 unspecified atom stereocenters. The van der Waals surface area contributed by atoms with Gasteiger partial charge in [-0.1, -0.05) is 13.8 Å². The second-order valence-corrected chi connectivity index (χ2v) is 6.55. The molecule has 2 N–H and O–H groups in total. The Balaban J connectivity index is 2.49. The van der Waals surface area contributed by atoms with Crippen LogP contribution in [0.3, 0.4) is 0 Å². The van der Waals surface area contributed by atoms with Crippen molar-refractivity contribution in [1.29, 1.82) is 0 Å². The van der Waals surface area contributed by atoms with Gasteiger partial charge in [-0.15, -0.1) is 0 Å². The lowest BCUT2D eigenvalue weighted by Gasteiger charge is -2.12. The Hall–Kier alpha value is -1.37. The van der Waals surface area contributed by atoms with Crippen LogP contribution in [-0.4, -0.2) is 17.1 Å². The topological polar surface area (TPSA) is 61.0 Å². The Labute approximate surface area is 139 Å². The van der Waals surface area contributed by atoms with Crippen LogP contribution in [0.1, 0.15) is 25.1 Å². The third-order valence-electron chi connectivity index (χ3n) is 3.20. The Morgan fingerprint density at radius 1 is 1.29 bits per heavy atom. The van der Waals surface area contributed by atoms with Gasteiger partial charge in [0.2, 0.25) is 0 Å². The first-order valence-electron chi connectivity index (χ1n) is 6.89. The summed E-state index contributed by atoms with van der Waals surface area (Å²) in [5.74, 6) is 2.61. The van der Waals surface area contributed by atoms with E-state index in [1.54, 1.807) is 7.11 Å². The second-order valence-electron chi connectivity index (χ2n) is 5.48. The molecule has 1 aromatic carbocycles. The lowest BCUT2D eigenvalue weighted by molar-refractivity contribution is 0.412. The fraction of sp³-hybridized carbons (Fsp3) is 0.375. The zero-order valence-electron chi connectivity index (χ0n) is 12.8. The number of aryl methyl sites for hydroxylation is 1. The van der Waals surface area contributed by atoms with Crippen LogP contribution in [0.5, 0.6) is 5.75 Å². The summed E-state index contributed by atoms with van der Waals surface area (Å²) in [6.07, 6.45) is 0.896. The molecular weight excluding hydrogens is 377 g/mol. The number of ether oxygens (including phenoxy) is 1. The average molecular weight is 397 g/mol. The highest BCUT2D eigenvalue weighted by Gasteiger charge is 2.13. The molecule has 0 saturated carbocycles. The highest BCUT2D eigenvalue weighted by molar-refractivity contribution is 14.1. The van der Waals surface area contributed by atoms with Crippen LogP contribution < -0.4 is 10.5 Å². The third kappa shape index (κ3) is 3.64. The number of hydrogen-bond donors (Lipinski definition) is 1. The maximum Gasteiger partial charge on any atom is 0.161 e. The molecule has 0 bridgehead atoms. The van der Waals surface area contributed by atoms with Gasteiger partial charge in [-0.3, -0.25) is 0 Å². The van der Waals surface area contributed by atoms with E-state index in [1.807, 2.05) is 25.1 Å². The molecule has 0 radical (unpaired) electrons. The maximum absolute atomic E-state index is 6.05. The standard InChI is InChI=1S/C16H20IN3O/c1-9(2)7-12-14(17)15(18)20-16(19-12)11-5-6-13(21-4)10(3)8-11/h5-6,8-9H,7H2,1-4H3,(H2,18,19,20). The molecule has 0 aliphatic heterocycles. The largest absolute Gasteiger partial charge is 0.496 e. The summed E-state index contributed by atoms with van der Waals surface area (Å²) < 4.78 is 6.24. The summed E-state index contributed by atoms with van der Waals surface area (Å²) in [5, 5.41) is 0. The second kappa shape index (κ2) is 6.60. The summed E-state index contributed by atoms with van der Waals surface area (Å²) in [6.45, 7) is 6.35. The van der Waals surface area contributed by atoms with E-state index in [-0.39, 0.29) is 0 Å². The van der Waals surface area contributed by atoms with Crippen LogP contribution in [0.2, 0.25) is 0 Å². The molecule has 0 saturated heterocycles. The summed E-state index contributed by atoms with van der Waals surface area (Å²) in [4.78, 5) is 9.13. The fourth-order valence-corrected chi connectivity index (χ4v) is 2.64. The third-order valence-corrected chi connectivity index (χ3v) is 4.38. The lowest BCUT2D eigenvalue weighted by Crippen LogP contribution is -2.07. The van der Waals surface area contributed by atoms with Crippen molar-refractivity contribution in [2.45, 2.75) is 27.2 Å². The highest BCUT2D eigenvalue weighted by Crippen LogP contribution is 2.27. The van der Waals surface area contributed by atoms with Crippen LogP contribution >= 0.6 is 22.6 Å². The number of aromatic nitrogens is 2. The van der Waals surface area contributed by atoms with Crippen molar-refractivity contribution in [3.8, 4) is 17.1 Å². The molecule has 0 spiro atoms. The van der Waals surface area contributed by atoms with E-state index in [0.717, 1.165) is 32.6 Å². The normalized spacial score (nSPS) is 11.0. The smallest absolute Gasteiger partial charge is 0.161 e. The van der Waals surface area contributed by atoms with Gasteiger partial charge in [0.1, 0.15) is 11.6 Å². The van der Waals surface area contributed by atoms with Crippen molar-refractivity contribution in [3.63, 3.8) is 0 Å². The van der Waals surface area contributed by atoms with Crippen LogP contribution in [0.15, 0.2) is 18.2 Å². The number of nitrogens with zero attached hydrogens (tertiary/aromatic N) is 2. The molecule has 0 aliphatic rings. The van der Waals surface area contributed by atoms with E-state index >= 15 is 0 Å². The molecular formula is C16H20IN3O. The van der Waals surface area contributed by atoms with Gasteiger partial charge in [0, 0.05) is 5.56 Å². The van der Waals surface area contributed by atoms with E-state index in [9.17, 15) is 0 Å². The van der Waals surface area contributed by atoms with Gasteiger partial charge in [0.25, 0.3) is 0 Å². The zero-order valence-corrected chi connectivity index (χ0v) is 14.9. The van der Waals surface area contributed by atoms with Crippen molar-refractivity contribution >= 4 is 28.4 Å². The van der Waals surface area contributed by atoms with E-state index in [2.05, 4.69) is 41.4 Å². The molecule has 112 valence electrons. The minimum Gasteiger partial charge on any atom is -0.496 e. The first-order chi connectivity index (χ1) is 9.92. The molecule has 1 aromatic heterocycles. The number of nitrogens with two attached hydrogens (primary N) is 1. The monoisotopic (exact) mass is 397 g/mol. The van der Waals surface area contributed by atoms with E-state index in [4.69, 9.17) is 15.5 Å². The van der Waals surface area contributed by atoms with E-state index in [0.29, 0.717) is 17.6 Å². The quantitative estimate of drug-likeness (QED) is 0.797. The summed E-state index contributed by atoms with van der Waals surface area (Å²) in [7, 11) is 1.67. The number of anilines is 1.